The number of nitrogens with one attached hydrogen (secondary N) is 2. The molecular weight excluding hydrogens is 324 g/mol. The maximum absolute atomic E-state index is 13.2. The Kier molecular flexibility index (Phi) is 6.02. The fraction of sp³-hybridized carbons (Fsp3) is 0.591. The largest absolute Gasteiger partial charge is 0.493 e. The Morgan fingerprint density at radius 2 is 1.96 bits per heavy atom. The molecule has 1 fully saturated rings. The zero-order chi connectivity index (χ0) is 18.7. The first-order valence-electron chi connectivity index (χ1n) is 10.1. The lowest BCUT2D eigenvalue weighted by atomic mass is 9.94. The van der Waals surface area contributed by atoms with Crippen LogP contribution >= 0.6 is 0 Å². The maximum Gasteiger partial charge on any atom is 0.198 e. The standard InChI is InChI=1S/C22H32N2O2/c1-15(2)14-26-18-10-11-21-19(12-18)22(25)20(16(3)23-21)13-24(4)17-8-6-5-7-9-17/h10-12,15,17H,5-9,13-14H2,1-4H3,(H,23,25)/p+1. The van der Waals surface area contributed by atoms with E-state index in [2.05, 4.69) is 25.9 Å². The first kappa shape index (κ1) is 19.0. The van der Waals surface area contributed by atoms with Gasteiger partial charge in [0, 0.05) is 16.6 Å². The predicted octanol–water partition coefficient (Wildman–Crippen LogP) is 3.22. The summed E-state index contributed by atoms with van der Waals surface area (Å²) in [6.07, 6.45) is 6.57. The van der Waals surface area contributed by atoms with Gasteiger partial charge in [-0.25, -0.2) is 0 Å². The summed E-state index contributed by atoms with van der Waals surface area (Å²) in [5.41, 5.74) is 2.96. The van der Waals surface area contributed by atoms with E-state index in [-0.39, 0.29) is 5.43 Å². The monoisotopic (exact) mass is 357 g/mol. The average molecular weight is 358 g/mol. The molecule has 142 valence electrons. The molecule has 1 aromatic heterocycles. The third kappa shape index (κ3) is 4.29. The van der Waals surface area contributed by atoms with E-state index in [1.54, 1.807) is 0 Å². The van der Waals surface area contributed by atoms with E-state index in [1.807, 2.05) is 25.1 Å². The molecule has 1 heterocycles. The highest BCUT2D eigenvalue weighted by Crippen LogP contribution is 2.20. The van der Waals surface area contributed by atoms with Crippen LogP contribution in [0, 0.1) is 12.8 Å². The number of fused-ring (bicyclic) bond motifs is 1. The highest BCUT2D eigenvalue weighted by atomic mass is 16.5. The quantitative estimate of drug-likeness (QED) is 0.834. The number of benzene rings is 1. The maximum atomic E-state index is 13.2. The molecule has 2 aromatic rings. The van der Waals surface area contributed by atoms with E-state index in [0.29, 0.717) is 18.6 Å². The van der Waals surface area contributed by atoms with Gasteiger partial charge in [-0.1, -0.05) is 20.3 Å². The number of aromatic amines is 1. The number of pyridine rings is 1. The third-order valence-corrected chi connectivity index (χ3v) is 5.63. The van der Waals surface area contributed by atoms with Gasteiger partial charge in [0.05, 0.1) is 25.3 Å². The van der Waals surface area contributed by atoms with Gasteiger partial charge < -0.3 is 14.6 Å². The van der Waals surface area contributed by atoms with E-state index in [9.17, 15) is 4.79 Å². The van der Waals surface area contributed by atoms with Gasteiger partial charge >= 0.3 is 0 Å². The van der Waals surface area contributed by atoms with Crippen LogP contribution in [0.1, 0.15) is 57.2 Å². The van der Waals surface area contributed by atoms with Crippen LogP contribution in [0.5, 0.6) is 5.75 Å². The molecule has 1 unspecified atom stereocenters. The summed E-state index contributed by atoms with van der Waals surface area (Å²) in [5, 5.41) is 0.739. The number of aromatic nitrogens is 1. The highest BCUT2D eigenvalue weighted by Gasteiger charge is 2.23. The van der Waals surface area contributed by atoms with Crippen LogP contribution < -0.4 is 15.1 Å². The van der Waals surface area contributed by atoms with Crippen molar-refractivity contribution in [3.05, 3.63) is 39.7 Å². The molecule has 26 heavy (non-hydrogen) atoms. The lowest BCUT2D eigenvalue weighted by molar-refractivity contribution is -0.921. The van der Waals surface area contributed by atoms with Crippen molar-refractivity contribution < 1.29 is 9.64 Å². The summed E-state index contributed by atoms with van der Waals surface area (Å²) in [5.74, 6) is 1.24. The van der Waals surface area contributed by atoms with Crippen molar-refractivity contribution >= 4 is 10.9 Å². The second-order valence-electron chi connectivity index (χ2n) is 8.33. The summed E-state index contributed by atoms with van der Waals surface area (Å²) in [6.45, 7) is 7.72. The van der Waals surface area contributed by atoms with E-state index in [0.717, 1.165) is 34.5 Å². The van der Waals surface area contributed by atoms with E-state index < -0.39 is 0 Å². The van der Waals surface area contributed by atoms with Crippen molar-refractivity contribution in [3.63, 3.8) is 0 Å². The van der Waals surface area contributed by atoms with Gasteiger partial charge in [0.1, 0.15) is 12.3 Å². The van der Waals surface area contributed by atoms with Crippen LogP contribution in [0.25, 0.3) is 10.9 Å². The van der Waals surface area contributed by atoms with Crippen LogP contribution in [-0.2, 0) is 6.54 Å². The molecule has 1 aliphatic carbocycles. The fourth-order valence-electron chi connectivity index (χ4n) is 4.01. The normalized spacial score (nSPS) is 17.0. The number of hydrogen-bond acceptors (Lipinski definition) is 2. The molecule has 1 aliphatic rings. The Balaban J connectivity index is 1.88. The molecule has 0 spiro atoms. The van der Waals surface area contributed by atoms with E-state index in [4.69, 9.17) is 4.74 Å². The van der Waals surface area contributed by atoms with Gasteiger partial charge in [-0.15, -0.1) is 0 Å². The lowest BCUT2D eigenvalue weighted by Gasteiger charge is -2.28. The predicted molar refractivity (Wildman–Crippen MR) is 107 cm³/mol. The summed E-state index contributed by atoms with van der Waals surface area (Å²) >= 11 is 0. The van der Waals surface area contributed by atoms with Crippen molar-refractivity contribution in [1.82, 2.24) is 4.98 Å². The molecular formula is C22H33N2O2+. The summed E-state index contributed by atoms with van der Waals surface area (Å²) in [4.78, 5) is 18.1. The number of hydrogen-bond donors (Lipinski definition) is 2. The fourth-order valence-corrected chi connectivity index (χ4v) is 4.01. The zero-order valence-corrected chi connectivity index (χ0v) is 16.7. The second-order valence-corrected chi connectivity index (χ2v) is 8.33. The molecule has 1 saturated carbocycles. The van der Waals surface area contributed by atoms with Crippen molar-refractivity contribution in [3.8, 4) is 5.75 Å². The first-order chi connectivity index (χ1) is 12.5. The van der Waals surface area contributed by atoms with E-state index in [1.165, 1.54) is 37.0 Å². The molecule has 0 bridgehead atoms. The number of ether oxygens (including phenoxy) is 1. The molecule has 0 aliphatic heterocycles. The van der Waals surface area contributed by atoms with Crippen molar-refractivity contribution in [2.75, 3.05) is 13.7 Å². The minimum atomic E-state index is 0.154. The second kappa shape index (κ2) is 8.26. The van der Waals surface area contributed by atoms with Crippen molar-refractivity contribution in [1.29, 1.82) is 0 Å². The molecule has 1 atom stereocenters. The Morgan fingerprint density at radius 3 is 2.65 bits per heavy atom. The third-order valence-electron chi connectivity index (χ3n) is 5.63. The van der Waals surface area contributed by atoms with Crippen molar-refractivity contribution in [2.45, 2.75) is 65.5 Å². The summed E-state index contributed by atoms with van der Waals surface area (Å²) in [7, 11) is 2.24. The molecule has 4 nitrogen and oxygen atoms in total. The number of quaternary nitrogens is 1. The zero-order valence-electron chi connectivity index (χ0n) is 16.7. The minimum absolute atomic E-state index is 0.154. The topological polar surface area (TPSA) is 46.5 Å². The van der Waals surface area contributed by atoms with Crippen molar-refractivity contribution in [2.24, 2.45) is 5.92 Å². The number of H-pyrrole nitrogens is 1. The minimum Gasteiger partial charge on any atom is -0.493 e. The van der Waals surface area contributed by atoms with Crippen LogP contribution in [-0.4, -0.2) is 24.7 Å². The van der Waals surface area contributed by atoms with Gasteiger partial charge in [0.15, 0.2) is 5.43 Å². The van der Waals surface area contributed by atoms with Crippen LogP contribution in [0.4, 0.5) is 0 Å². The lowest BCUT2D eigenvalue weighted by Crippen LogP contribution is -3.12. The molecule has 2 N–H and O–H groups in total. The first-order valence-corrected chi connectivity index (χ1v) is 10.1. The summed E-state index contributed by atoms with van der Waals surface area (Å²) in [6, 6.07) is 6.48. The Bertz CT molecular complexity index is 804. The molecule has 1 aromatic carbocycles. The number of aryl methyl sites for hydroxylation is 1. The van der Waals surface area contributed by atoms with Gasteiger partial charge in [0.25, 0.3) is 0 Å². The van der Waals surface area contributed by atoms with Crippen LogP contribution in [0.15, 0.2) is 23.0 Å². The SMILES string of the molecule is Cc1[nH]c2ccc(OCC(C)C)cc2c(=O)c1C[NH+](C)C1CCCCC1. The van der Waals surface area contributed by atoms with Gasteiger partial charge in [0.2, 0.25) is 0 Å². The molecule has 0 saturated heterocycles. The molecule has 3 rings (SSSR count). The van der Waals surface area contributed by atoms with Gasteiger partial charge in [-0.05, 0) is 56.7 Å². The highest BCUT2D eigenvalue weighted by molar-refractivity contribution is 5.81. The molecule has 0 radical (unpaired) electrons. The van der Waals surface area contributed by atoms with Crippen LogP contribution in [0.2, 0.25) is 0 Å². The van der Waals surface area contributed by atoms with Gasteiger partial charge in [-0.3, -0.25) is 4.79 Å². The smallest absolute Gasteiger partial charge is 0.198 e. The molecule has 0 amide bonds. The van der Waals surface area contributed by atoms with Gasteiger partial charge in [-0.2, -0.15) is 0 Å². The average Bonchev–Trinajstić information content (AvgIpc) is 2.64. The van der Waals surface area contributed by atoms with E-state index >= 15 is 0 Å². The Morgan fingerprint density at radius 1 is 1.23 bits per heavy atom. The number of rotatable bonds is 6. The summed E-state index contributed by atoms with van der Waals surface area (Å²) < 4.78 is 5.82. The Labute approximate surface area is 156 Å². The van der Waals surface area contributed by atoms with Crippen LogP contribution in [0.3, 0.4) is 0 Å². The Hall–Kier alpha value is -1.81. The molecule has 4 heteroatoms.